The Morgan fingerprint density at radius 3 is 1.88 bits per heavy atom. The smallest absolute Gasteiger partial charge is 0.298 e. The van der Waals surface area contributed by atoms with E-state index in [0.717, 1.165) is 19.3 Å². The molecule has 0 aliphatic heterocycles. The highest BCUT2D eigenvalue weighted by Gasteiger charge is 2.22. The summed E-state index contributed by atoms with van der Waals surface area (Å²) >= 11 is 0. The van der Waals surface area contributed by atoms with Gasteiger partial charge in [0.25, 0.3) is 0 Å². The highest BCUT2D eigenvalue weighted by molar-refractivity contribution is 5.71. The van der Waals surface area contributed by atoms with Crippen LogP contribution in [0, 0.1) is 5.92 Å². The summed E-state index contributed by atoms with van der Waals surface area (Å²) in [6.45, 7) is 12.9. The lowest BCUT2D eigenvalue weighted by Gasteiger charge is -2.19. The summed E-state index contributed by atoms with van der Waals surface area (Å²) in [6.07, 6.45) is 4.12. The third kappa shape index (κ3) is 13.3. The first kappa shape index (κ1) is 22.9. The molecule has 0 heterocycles. The van der Waals surface area contributed by atoms with Gasteiger partial charge in [-0.25, -0.2) is 9.59 Å². The second kappa shape index (κ2) is 10.7. The Hall–Kier alpha value is -1.14. The number of carbonyl (C=O) groups excluding carboxylic acids is 2. The van der Waals surface area contributed by atoms with Crippen LogP contribution in [0.5, 0.6) is 0 Å². The molecule has 0 aliphatic carbocycles. The van der Waals surface area contributed by atoms with E-state index in [9.17, 15) is 9.59 Å². The van der Waals surface area contributed by atoms with Crippen LogP contribution < -0.4 is 0 Å². The zero-order chi connectivity index (χ0) is 18.8. The molecule has 0 N–H and O–H groups in total. The minimum atomic E-state index is -0.510. The monoisotopic (exact) mass is 346 g/mol. The highest BCUT2D eigenvalue weighted by atomic mass is 17.2. The molecule has 0 spiro atoms. The molecule has 0 rings (SSSR count). The van der Waals surface area contributed by atoms with Gasteiger partial charge >= 0.3 is 11.9 Å². The van der Waals surface area contributed by atoms with Gasteiger partial charge in [-0.3, -0.25) is 9.78 Å². The summed E-state index contributed by atoms with van der Waals surface area (Å²) < 4.78 is 0. The topological polar surface area (TPSA) is 71.1 Å². The lowest BCUT2D eigenvalue weighted by atomic mass is 9.98. The Kier molecular flexibility index (Phi) is 10.2. The summed E-state index contributed by atoms with van der Waals surface area (Å²) in [5, 5.41) is 0. The predicted octanol–water partition coefficient (Wildman–Crippen LogP) is 4.51. The van der Waals surface area contributed by atoms with Crippen molar-refractivity contribution < 1.29 is 29.1 Å². The fourth-order valence-electron chi connectivity index (χ4n) is 1.77. The minimum Gasteiger partial charge on any atom is -0.298 e. The van der Waals surface area contributed by atoms with E-state index < -0.39 is 11.2 Å². The van der Waals surface area contributed by atoms with Gasteiger partial charge in [0.15, 0.2) is 0 Å². The molecule has 0 saturated heterocycles. The van der Waals surface area contributed by atoms with Crippen LogP contribution in [0.4, 0.5) is 0 Å². The van der Waals surface area contributed by atoms with Crippen LogP contribution in [0.1, 0.15) is 87.0 Å². The maximum absolute atomic E-state index is 11.9. The summed E-state index contributed by atoms with van der Waals surface area (Å²) in [5.41, 5.74) is -1.01. The first-order valence-electron chi connectivity index (χ1n) is 8.72. The molecular formula is C18H34O6. The summed E-state index contributed by atoms with van der Waals surface area (Å²) in [5.74, 6) is -0.871. The molecule has 0 aliphatic rings. The number of unbranched alkanes of at least 4 members (excludes halogenated alkanes) is 2. The van der Waals surface area contributed by atoms with Crippen molar-refractivity contribution in [3.63, 3.8) is 0 Å². The molecule has 1 atom stereocenters. The Labute approximate surface area is 146 Å². The number of hydrogen-bond acceptors (Lipinski definition) is 6. The molecule has 24 heavy (non-hydrogen) atoms. The molecular weight excluding hydrogens is 312 g/mol. The van der Waals surface area contributed by atoms with Crippen molar-refractivity contribution in [3.05, 3.63) is 0 Å². The SMILES string of the molecule is CCC(CCCCCC(=O)OOC(C)(C)C)C(=O)OOC(C)(C)C. The Bertz CT molecular complexity index is 378. The lowest BCUT2D eigenvalue weighted by molar-refractivity contribution is -0.323. The van der Waals surface area contributed by atoms with E-state index in [1.807, 2.05) is 48.5 Å². The van der Waals surface area contributed by atoms with Gasteiger partial charge in [0.1, 0.15) is 11.2 Å². The Balaban J connectivity index is 3.87. The normalized spacial score (nSPS) is 13.5. The second-order valence-electron chi connectivity index (χ2n) is 7.95. The van der Waals surface area contributed by atoms with Gasteiger partial charge in [-0.1, -0.05) is 19.8 Å². The molecule has 0 radical (unpaired) electrons. The molecule has 0 aromatic rings. The number of carbonyl (C=O) groups is 2. The first-order valence-corrected chi connectivity index (χ1v) is 8.72. The van der Waals surface area contributed by atoms with Crippen molar-refractivity contribution in [1.29, 1.82) is 0 Å². The molecule has 0 aromatic carbocycles. The highest BCUT2D eigenvalue weighted by Crippen LogP contribution is 2.18. The molecule has 0 bridgehead atoms. The average Bonchev–Trinajstić information content (AvgIpc) is 2.45. The van der Waals surface area contributed by atoms with Crippen LogP contribution in [0.15, 0.2) is 0 Å². The van der Waals surface area contributed by atoms with Crippen molar-refractivity contribution >= 4 is 11.9 Å². The molecule has 0 amide bonds. The van der Waals surface area contributed by atoms with Crippen molar-refractivity contribution in [2.24, 2.45) is 5.92 Å². The number of rotatable bonds is 10. The van der Waals surface area contributed by atoms with Crippen molar-refractivity contribution in [2.45, 2.75) is 98.2 Å². The number of hydrogen-bond donors (Lipinski definition) is 0. The van der Waals surface area contributed by atoms with E-state index >= 15 is 0 Å². The van der Waals surface area contributed by atoms with Gasteiger partial charge in [0.2, 0.25) is 0 Å². The van der Waals surface area contributed by atoms with Crippen LogP contribution in [0.25, 0.3) is 0 Å². The molecule has 0 aromatic heterocycles. The maximum Gasteiger partial charge on any atom is 0.345 e. The van der Waals surface area contributed by atoms with Crippen LogP contribution >= 0.6 is 0 Å². The van der Waals surface area contributed by atoms with E-state index in [0.29, 0.717) is 19.3 Å². The lowest BCUT2D eigenvalue weighted by Crippen LogP contribution is -2.25. The van der Waals surface area contributed by atoms with Crippen LogP contribution in [0.2, 0.25) is 0 Å². The van der Waals surface area contributed by atoms with E-state index in [2.05, 4.69) is 0 Å². The van der Waals surface area contributed by atoms with Crippen LogP contribution in [-0.4, -0.2) is 23.1 Å². The standard InChI is InChI=1S/C18H34O6/c1-8-14(16(20)22-24-18(5,6)7)12-10-9-11-13-15(19)21-23-17(2,3)4/h14H,8-13H2,1-7H3. The fourth-order valence-corrected chi connectivity index (χ4v) is 1.77. The third-order valence-electron chi connectivity index (χ3n) is 3.02. The molecule has 6 nitrogen and oxygen atoms in total. The maximum atomic E-state index is 11.9. The van der Waals surface area contributed by atoms with Gasteiger partial charge in [-0.05, 0) is 60.8 Å². The first-order chi connectivity index (χ1) is 10.9. The molecule has 6 heteroatoms. The summed E-state index contributed by atoms with van der Waals surface area (Å²) in [6, 6.07) is 0. The summed E-state index contributed by atoms with van der Waals surface area (Å²) in [4.78, 5) is 43.1. The molecule has 0 saturated carbocycles. The van der Waals surface area contributed by atoms with Crippen molar-refractivity contribution in [3.8, 4) is 0 Å². The Morgan fingerprint density at radius 2 is 1.38 bits per heavy atom. The van der Waals surface area contributed by atoms with Crippen LogP contribution in [-0.2, 0) is 29.1 Å². The molecule has 1 unspecified atom stereocenters. The van der Waals surface area contributed by atoms with Gasteiger partial charge in [-0.15, -0.1) is 0 Å². The van der Waals surface area contributed by atoms with E-state index in [1.54, 1.807) is 0 Å². The zero-order valence-corrected chi connectivity index (χ0v) is 16.3. The van der Waals surface area contributed by atoms with Crippen LogP contribution in [0.3, 0.4) is 0 Å². The quantitative estimate of drug-likeness (QED) is 0.329. The largest absolute Gasteiger partial charge is 0.345 e. The van der Waals surface area contributed by atoms with E-state index in [1.165, 1.54) is 0 Å². The van der Waals surface area contributed by atoms with Gasteiger partial charge in [0, 0.05) is 6.42 Å². The van der Waals surface area contributed by atoms with Crippen molar-refractivity contribution in [2.75, 3.05) is 0 Å². The van der Waals surface area contributed by atoms with Gasteiger partial charge < -0.3 is 0 Å². The van der Waals surface area contributed by atoms with Gasteiger partial charge in [-0.2, -0.15) is 9.78 Å². The molecule has 142 valence electrons. The zero-order valence-electron chi connectivity index (χ0n) is 16.3. The van der Waals surface area contributed by atoms with Crippen molar-refractivity contribution in [1.82, 2.24) is 0 Å². The molecule has 0 fully saturated rings. The Morgan fingerprint density at radius 1 is 0.833 bits per heavy atom. The third-order valence-corrected chi connectivity index (χ3v) is 3.02. The predicted molar refractivity (Wildman–Crippen MR) is 90.7 cm³/mol. The van der Waals surface area contributed by atoms with E-state index in [-0.39, 0.29) is 17.9 Å². The minimum absolute atomic E-state index is 0.177. The average molecular weight is 346 g/mol. The van der Waals surface area contributed by atoms with Gasteiger partial charge in [0.05, 0.1) is 5.92 Å². The second-order valence-corrected chi connectivity index (χ2v) is 7.95. The fraction of sp³-hybridized carbons (Fsp3) is 0.889. The summed E-state index contributed by atoms with van der Waals surface area (Å²) in [7, 11) is 0. The van der Waals surface area contributed by atoms with E-state index in [4.69, 9.17) is 19.6 Å².